The van der Waals surface area contributed by atoms with Crippen LogP contribution < -0.4 is 5.32 Å². The molecule has 2 saturated heterocycles. The Hall–Kier alpha value is -0.220. The Bertz CT molecular complexity index is 279. The van der Waals surface area contributed by atoms with Gasteiger partial charge in [-0.3, -0.25) is 10.1 Å². The zero-order valence-corrected chi connectivity index (χ0v) is 12.5. The molecule has 0 saturated carbocycles. The summed E-state index contributed by atoms with van der Waals surface area (Å²) >= 11 is 2.00. The van der Waals surface area contributed by atoms with Gasteiger partial charge in [-0.2, -0.15) is 11.8 Å². The fraction of sp³-hybridized carbons (Fsp3) is 0.929. The maximum atomic E-state index is 12.5. The molecule has 3 unspecified atom stereocenters. The highest BCUT2D eigenvalue weighted by atomic mass is 32.2. The van der Waals surface area contributed by atoms with Crippen LogP contribution in [-0.4, -0.2) is 40.6 Å². The third kappa shape index (κ3) is 3.02. The first kappa shape index (κ1) is 14.2. The first-order chi connectivity index (χ1) is 8.77. The fourth-order valence-corrected chi connectivity index (χ4v) is 4.22. The first-order valence-electron chi connectivity index (χ1n) is 7.43. The van der Waals surface area contributed by atoms with E-state index in [1.54, 1.807) is 0 Å². The molecule has 3 nitrogen and oxygen atoms in total. The van der Waals surface area contributed by atoms with Gasteiger partial charge in [-0.1, -0.05) is 26.7 Å². The second kappa shape index (κ2) is 6.80. The van der Waals surface area contributed by atoms with Crippen molar-refractivity contribution in [3.63, 3.8) is 0 Å². The molecule has 0 aromatic rings. The molecule has 2 aliphatic heterocycles. The molecule has 104 valence electrons. The van der Waals surface area contributed by atoms with Crippen molar-refractivity contribution in [3.8, 4) is 0 Å². The molecule has 0 aliphatic carbocycles. The van der Waals surface area contributed by atoms with E-state index >= 15 is 0 Å². The average Bonchev–Trinajstić information content (AvgIpc) is 2.68. The highest BCUT2D eigenvalue weighted by Gasteiger charge is 2.41. The lowest BCUT2D eigenvalue weighted by Gasteiger charge is -2.34. The van der Waals surface area contributed by atoms with Crippen LogP contribution in [-0.2, 0) is 4.79 Å². The zero-order chi connectivity index (χ0) is 13.0. The number of amides is 1. The molecule has 2 heterocycles. The van der Waals surface area contributed by atoms with E-state index in [1.807, 2.05) is 11.8 Å². The minimum atomic E-state index is 0.0819. The van der Waals surface area contributed by atoms with E-state index in [-0.39, 0.29) is 6.04 Å². The van der Waals surface area contributed by atoms with E-state index in [2.05, 4.69) is 24.1 Å². The molecule has 0 radical (unpaired) electrons. The monoisotopic (exact) mass is 270 g/mol. The SMILES string of the molecule is CCCC1NC(CCC)N(C2CCCSC2)C1=O. The Morgan fingerprint density at radius 1 is 1.33 bits per heavy atom. The number of hydrogen-bond acceptors (Lipinski definition) is 3. The summed E-state index contributed by atoms with van der Waals surface area (Å²) in [7, 11) is 0. The lowest BCUT2D eigenvalue weighted by molar-refractivity contribution is -0.132. The van der Waals surface area contributed by atoms with Gasteiger partial charge in [-0.15, -0.1) is 0 Å². The largest absolute Gasteiger partial charge is 0.322 e. The highest BCUT2D eigenvalue weighted by Crippen LogP contribution is 2.28. The predicted octanol–water partition coefficient (Wildman–Crippen LogP) is 2.61. The van der Waals surface area contributed by atoms with Crippen molar-refractivity contribution in [3.05, 3.63) is 0 Å². The zero-order valence-electron chi connectivity index (χ0n) is 11.7. The molecular formula is C14H26N2OS. The van der Waals surface area contributed by atoms with Gasteiger partial charge in [0.05, 0.1) is 12.2 Å². The second-order valence-electron chi connectivity index (χ2n) is 5.43. The van der Waals surface area contributed by atoms with Crippen molar-refractivity contribution >= 4 is 17.7 Å². The number of rotatable bonds is 5. The topological polar surface area (TPSA) is 32.3 Å². The Morgan fingerprint density at radius 3 is 2.72 bits per heavy atom. The van der Waals surface area contributed by atoms with Crippen LogP contribution in [0.5, 0.6) is 0 Å². The van der Waals surface area contributed by atoms with Gasteiger partial charge in [0, 0.05) is 11.8 Å². The van der Waals surface area contributed by atoms with E-state index in [9.17, 15) is 4.79 Å². The summed E-state index contributed by atoms with van der Waals surface area (Å²) in [6.07, 6.45) is 7.04. The summed E-state index contributed by atoms with van der Waals surface area (Å²) in [5, 5.41) is 3.56. The lowest BCUT2D eigenvalue weighted by atomic mass is 10.1. The number of carbonyl (C=O) groups excluding carboxylic acids is 1. The smallest absolute Gasteiger partial charge is 0.241 e. The van der Waals surface area contributed by atoms with Crippen LogP contribution in [0.3, 0.4) is 0 Å². The normalized spacial score (nSPS) is 33.1. The minimum absolute atomic E-state index is 0.0819. The Labute approximate surface area is 115 Å². The summed E-state index contributed by atoms with van der Waals surface area (Å²) in [5.41, 5.74) is 0. The molecule has 1 N–H and O–H groups in total. The van der Waals surface area contributed by atoms with E-state index < -0.39 is 0 Å². The van der Waals surface area contributed by atoms with Gasteiger partial charge in [0.15, 0.2) is 0 Å². The second-order valence-corrected chi connectivity index (χ2v) is 6.58. The lowest BCUT2D eigenvalue weighted by Crippen LogP contribution is -2.46. The van der Waals surface area contributed by atoms with Crippen molar-refractivity contribution in [1.29, 1.82) is 0 Å². The van der Waals surface area contributed by atoms with Crippen LogP contribution in [0.15, 0.2) is 0 Å². The fourth-order valence-electron chi connectivity index (χ4n) is 3.09. The van der Waals surface area contributed by atoms with E-state index in [4.69, 9.17) is 0 Å². The molecule has 1 amide bonds. The quantitative estimate of drug-likeness (QED) is 0.833. The average molecular weight is 270 g/mol. The highest BCUT2D eigenvalue weighted by molar-refractivity contribution is 7.99. The summed E-state index contributed by atoms with van der Waals surface area (Å²) in [5.74, 6) is 2.76. The molecule has 2 aliphatic rings. The van der Waals surface area contributed by atoms with Gasteiger partial charge >= 0.3 is 0 Å². The number of nitrogens with zero attached hydrogens (tertiary/aromatic N) is 1. The minimum Gasteiger partial charge on any atom is -0.322 e. The van der Waals surface area contributed by atoms with E-state index in [0.717, 1.165) is 31.4 Å². The summed E-state index contributed by atoms with van der Waals surface area (Å²) in [6.45, 7) is 4.36. The van der Waals surface area contributed by atoms with Crippen LogP contribution >= 0.6 is 11.8 Å². The van der Waals surface area contributed by atoms with Crippen LogP contribution in [0.25, 0.3) is 0 Å². The maximum absolute atomic E-state index is 12.5. The van der Waals surface area contributed by atoms with E-state index in [0.29, 0.717) is 18.1 Å². The first-order valence-corrected chi connectivity index (χ1v) is 8.59. The summed E-state index contributed by atoms with van der Waals surface area (Å²) in [4.78, 5) is 14.7. The molecule has 0 aromatic heterocycles. The van der Waals surface area contributed by atoms with Crippen LogP contribution in [0.4, 0.5) is 0 Å². The van der Waals surface area contributed by atoms with Gasteiger partial charge in [0.2, 0.25) is 5.91 Å². The predicted molar refractivity (Wildman–Crippen MR) is 77.7 cm³/mol. The molecule has 3 atom stereocenters. The van der Waals surface area contributed by atoms with Crippen molar-refractivity contribution in [2.24, 2.45) is 0 Å². The van der Waals surface area contributed by atoms with Crippen molar-refractivity contribution in [2.45, 2.75) is 70.6 Å². The molecule has 0 spiro atoms. The molecular weight excluding hydrogens is 244 g/mol. The van der Waals surface area contributed by atoms with Crippen LogP contribution in [0.2, 0.25) is 0 Å². The van der Waals surface area contributed by atoms with Gasteiger partial charge in [-0.05, 0) is 31.4 Å². The summed E-state index contributed by atoms with van der Waals surface area (Å²) < 4.78 is 0. The number of hydrogen-bond donors (Lipinski definition) is 1. The third-order valence-corrected chi connectivity index (χ3v) is 5.15. The van der Waals surface area contributed by atoms with Gasteiger partial charge in [0.1, 0.15) is 0 Å². The van der Waals surface area contributed by atoms with Gasteiger partial charge in [-0.25, -0.2) is 0 Å². The molecule has 0 aromatic carbocycles. The van der Waals surface area contributed by atoms with Gasteiger partial charge in [0.25, 0.3) is 0 Å². The molecule has 2 rings (SSSR count). The van der Waals surface area contributed by atoms with Crippen LogP contribution in [0.1, 0.15) is 52.4 Å². The molecule has 18 heavy (non-hydrogen) atoms. The van der Waals surface area contributed by atoms with E-state index in [1.165, 1.54) is 18.6 Å². The number of nitrogens with one attached hydrogen (secondary N) is 1. The molecule has 4 heteroatoms. The molecule has 0 bridgehead atoms. The number of thioether (sulfide) groups is 1. The standard InChI is InChI=1S/C14H26N2OS/c1-3-6-12-14(17)16(13(15-12)7-4-2)11-8-5-9-18-10-11/h11-13,15H,3-10H2,1-2H3. The number of carbonyl (C=O) groups is 1. The van der Waals surface area contributed by atoms with Crippen molar-refractivity contribution < 1.29 is 4.79 Å². The summed E-state index contributed by atoms with van der Waals surface area (Å²) in [6, 6.07) is 0.556. The van der Waals surface area contributed by atoms with Crippen molar-refractivity contribution in [1.82, 2.24) is 10.2 Å². The van der Waals surface area contributed by atoms with Gasteiger partial charge < -0.3 is 4.90 Å². The maximum Gasteiger partial charge on any atom is 0.241 e. The Morgan fingerprint density at radius 2 is 2.11 bits per heavy atom. The van der Waals surface area contributed by atoms with Crippen molar-refractivity contribution in [2.75, 3.05) is 11.5 Å². The molecule has 2 fully saturated rings. The Kier molecular flexibility index (Phi) is 5.37. The Balaban J connectivity index is 2.05. The third-order valence-electron chi connectivity index (χ3n) is 3.95. The van der Waals surface area contributed by atoms with Crippen LogP contribution in [0, 0.1) is 0 Å².